The van der Waals surface area contributed by atoms with Crippen LogP contribution in [0.2, 0.25) is 0 Å². The molecule has 0 aliphatic carbocycles. The van der Waals surface area contributed by atoms with Crippen LogP contribution in [0.5, 0.6) is 0 Å². The van der Waals surface area contributed by atoms with Crippen LogP contribution in [0.3, 0.4) is 0 Å². The first-order valence-corrected chi connectivity index (χ1v) is 6.90. The van der Waals surface area contributed by atoms with Crippen LogP contribution < -0.4 is 0 Å². The molecule has 0 aliphatic heterocycles. The molecule has 1 aromatic heterocycles. The Morgan fingerprint density at radius 1 is 1.45 bits per heavy atom. The number of rotatable bonds is 6. The van der Waals surface area contributed by atoms with Crippen LogP contribution in [0.4, 0.5) is 0 Å². The van der Waals surface area contributed by atoms with Crippen molar-refractivity contribution >= 4 is 11.0 Å². The van der Waals surface area contributed by atoms with Crippen molar-refractivity contribution in [1.82, 2.24) is 14.5 Å². The number of fused-ring (bicyclic) bond motifs is 1. The van der Waals surface area contributed by atoms with Crippen molar-refractivity contribution in [2.75, 3.05) is 19.7 Å². The van der Waals surface area contributed by atoms with E-state index in [4.69, 9.17) is 10.4 Å². The van der Waals surface area contributed by atoms with Gasteiger partial charge in [-0.15, -0.1) is 0 Å². The quantitative estimate of drug-likeness (QED) is 0.872. The van der Waals surface area contributed by atoms with Crippen molar-refractivity contribution in [1.29, 1.82) is 5.26 Å². The third kappa shape index (κ3) is 2.67. The van der Waals surface area contributed by atoms with Gasteiger partial charge in [-0.25, -0.2) is 4.98 Å². The minimum atomic E-state index is 0.0629. The van der Waals surface area contributed by atoms with Gasteiger partial charge in [0.05, 0.1) is 29.8 Å². The second-order valence-corrected chi connectivity index (χ2v) is 4.73. The van der Waals surface area contributed by atoms with Crippen molar-refractivity contribution in [3.8, 4) is 6.07 Å². The van der Waals surface area contributed by atoms with E-state index in [2.05, 4.69) is 29.8 Å². The average molecular weight is 272 g/mol. The highest BCUT2D eigenvalue weighted by Gasteiger charge is 2.20. The van der Waals surface area contributed by atoms with Crippen molar-refractivity contribution in [2.24, 2.45) is 0 Å². The molecule has 0 fully saturated rings. The number of benzene rings is 1. The number of hydrogen-bond acceptors (Lipinski definition) is 4. The van der Waals surface area contributed by atoms with Gasteiger partial charge in [-0.3, -0.25) is 4.90 Å². The fourth-order valence-corrected chi connectivity index (χ4v) is 2.57. The molecule has 1 unspecified atom stereocenters. The highest BCUT2D eigenvalue weighted by atomic mass is 16.3. The number of likely N-dealkylation sites (N-methyl/N-ethyl adjacent to an activating group) is 1. The summed E-state index contributed by atoms with van der Waals surface area (Å²) in [5.74, 6) is 0.878. The van der Waals surface area contributed by atoms with Crippen LogP contribution in [-0.2, 0) is 6.54 Å². The summed E-state index contributed by atoms with van der Waals surface area (Å²) in [6, 6.07) is 10.1. The Balaban J connectivity index is 2.47. The molecule has 0 saturated heterocycles. The maximum absolute atomic E-state index is 9.15. The predicted octanol–water partition coefficient (Wildman–Crippen LogP) is 1.94. The molecule has 1 aromatic carbocycles. The van der Waals surface area contributed by atoms with Gasteiger partial charge in [0.15, 0.2) is 0 Å². The van der Waals surface area contributed by atoms with E-state index in [0.29, 0.717) is 6.54 Å². The fraction of sp³-hybridized carbons (Fsp3) is 0.467. The van der Waals surface area contributed by atoms with E-state index < -0.39 is 0 Å². The van der Waals surface area contributed by atoms with Crippen LogP contribution in [0.1, 0.15) is 25.7 Å². The molecule has 0 radical (unpaired) electrons. The number of aliphatic hydroxyl groups is 1. The van der Waals surface area contributed by atoms with Crippen molar-refractivity contribution in [3.63, 3.8) is 0 Å². The number of aromatic nitrogens is 2. The van der Waals surface area contributed by atoms with Gasteiger partial charge in [0, 0.05) is 6.54 Å². The zero-order valence-electron chi connectivity index (χ0n) is 12.0. The molecule has 0 aliphatic rings. The Kier molecular flexibility index (Phi) is 4.72. The van der Waals surface area contributed by atoms with Crippen molar-refractivity contribution in [2.45, 2.75) is 26.4 Å². The first-order chi connectivity index (χ1) is 9.72. The first-order valence-electron chi connectivity index (χ1n) is 6.90. The maximum Gasteiger partial charge on any atom is 0.127 e. The molecule has 0 amide bonds. The monoisotopic (exact) mass is 272 g/mol. The molecule has 0 bridgehead atoms. The second kappa shape index (κ2) is 6.51. The number of aliphatic hydroxyl groups excluding tert-OH is 1. The molecule has 2 aromatic rings. The molecular weight excluding hydrogens is 252 g/mol. The summed E-state index contributed by atoms with van der Waals surface area (Å²) < 4.78 is 1.96. The van der Waals surface area contributed by atoms with Gasteiger partial charge in [0.1, 0.15) is 12.4 Å². The smallest absolute Gasteiger partial charge is 0.127 e. The Morgan fingerprint density at radius 3 is 2.85 bits per heavy atom. The number of imidazole rings is 1. The standard InChI is InChI=1S/C15H20N4O/c1-3-18(10-11-20)12(2)15-17-13-6-4-5-7-14(13)19(15)9-8-16/h4-7,12,20H,3,9-11H2,1-2H3. The van der Waals surface area contributed by atoms with Crippen LogP contribution >= 0.6 is 0 Å². The van der Waals surface area contributed by atoms with E-state index in [1.807, 2.05) is 28.8 Å². The minimum Gasteiger partial charge on any atom is -0.395 e. The fourth-order valence-electron chi connectivity index (χ4n) is 2.57. The largest absolute Gasteiger partial charge is 0.395 e. The lowest BCUT2D eigenvalue weighted by Crippen LogP contribution is -2.31. The molecule has 20 heavy (non-hydrogen) atoms. The lowest BCUT2D eigenvalue weighted by molar-refractivity contribution is 0.159. The molecule has 106 valence electrons. The van der Waals surface area contributed by atoms with Crippen LogP contribution in [0, 0.1) is 11.3 Å². The van der Waals surface area contributed by atoms with E-state index in [1.54, 1.807) is 0 Å². The highest BCUT2D eigenvalue weighted by molar-refractivity contribution is 5.76. The van der Waals surface area contributed by atoms with Gasteiger partial charge < -0.3 is 9.67 Å². The average Bonchev–Trinajstić information content (AvgIpc) is 2.83. The summed E-state index contributed by atoms with van der Waals surface area (Å²) in [7, 11) is 0. The van der Waals surface area contributed by atoms with Gasteiger partial charge in [-0.2, -0.15) is 5.26 Å². The van der Waals surface area contributed by atoms with E-state index in [1.165, 1.54) is 0 Å². The number of hydrogen-bond donors (Lipinski definition) is 1. The van der Waals surface area contributed by atoms with Gasteiger partial charge in [-0.1, -0.05) is 19.1 Å². The van der Waals surface area contributed by atoms with Crippen LogP contribution in [0.25, 0.3) is 11.0 Å². The SMILES string of the molecule is CCN(CCO)C(C)c1nc2ccccc2n1CC#N. The summed E-state index contributed by atoms with van der Waals surface area (Å²) in [5, 5.41) is 18.2. The van der Waals surface area contributed by atoms with E-state index in [9.17, 15) is 0 Å². The third-order valence-electron chi connectivity index (χ3n) is 3.63. The Bertz CT molecular complexity index is 614. The molecule has 5 heteroatoms. The normalized spacial score (nSPS) is 12.8. The van der Waals surface area contributed by atoms with Gasteiger partial charge in [0.2, 0.25) is 0 Å². The van der Waals surface area contributed by atoms with Gasteiger partial charge in [0.25, 0.3) is 0 Å². The van der Waals surface area contributed by atoms with Crippen LogP contribution in [-0.4, -0.2) is 39.3 Å². The van der Waals surface area contributed by atoms with Crippen molar-refractivity contribution < 1.29 is 5.11 Å². The van der Waals surface area contributed by atoms with E-state index in [-0.39, 0.29) is 19.2 Å². The molecule has 1 atom stereocenters. The topological polar surface area (TPSA) is 65.1 Å². The van der Waals surface area contributed by atoms with Crippen molar-refractivity contribution in [3.05, 3.63) is 30.1 Å². The maximum atomic E-state index is 9.15. The molecule has 5 nitrogen and oxygen atoms in total. The van der Waals surface area contributed by atoms with Gasteiger partial charge >= 0.3 is 0 Å². The van der Waals surface area contributed by atoms with E-state index in [0.717, 1.165) is 23.4 Å². The zero-order chi connectivity index (χ0) is 14.5. The second-order valence-electron chi connectivity index (χ2n) is 4.73. The Hall–Kier alpha value is -1.90. The third-order valence-corrected chi connectivity index (χ3v) is 3.63. The minimum absolute atomic E-state index is 0.0629. The molecule has 0 saturated carbocycles. The molecule has 1 N–H and O–H groups in total. The Labute approximate surface area is 119 Å². The predicted molar refractivity (Wildman–Crippen MR) is 78.1 cm³/mol. The summed E-state index contributed by atoms with van der Waals surface area (Å²) >= 11 is 0. The summed E-state index contributed by atoms with van der Waals surface area (Å²) in [6.07, 6.45) is 0. The molecule has 2 rings (SSSR count). The van der Waals surface area contributed by atoms with E-state index >= 15 is 0 Å². The highest BCUT2D eigenvalue weighted by Crippen LogP contribution is 2.24. The number of para-hydroxylation sites is 2. The molecule has 0 spiro atoms. The summed E-state index contributed by atoms with van der Waals surface area (Å²) in [5.41, 5.74) is 1.89. The number of nitriles is 1. The Morgan fingerprint density at radius 2 is 2.20 bits per heavy atom. The molecule has 1 heterocycles. The lowest BCUT2D eigenvalue weighted by Gasteiger charge is -2.26. The zero-order valence-corrected chi connectivity index (χ0v) is 12.0. The summed E-state index contributed by atoms with van der Waals surface area (Å²) in [4.78, 5) is 6.82. The van der Waals surface area contributed by atoms with Gasteiger partial charge in [-0.05, 0) is 25.6 Å². The summed E-state index contributed by atoms with van der Waals surface area (Å²) in [6.45, 7) is 5.97. The lowest BCUT2D eigenvalue weighted by atomic mass is 10.2. The number of nitrogens with zero attached hydrogens (tertiary/aromatic N) is 4. The van der Waals surface area contributed by atoms with Crippen LogP contribution in [0.15, 0.2) is 24.3 Å². The molecular formula is C15H20N4O. The first kappa shape index (κ1) is 14.5.